The Bertz CT molecular complexity index is 16.0. The summed E-state index contributed by atoms with van der Waals surface area (Å²) in [4.78, 5) is 0. The predicted octanol–water partition coefficient (Wildman–Crippen LogP) is -2.28. The predicted molar refractivity (Wildman–Crippen MR) is 11.1 cm³/mol. The molecule has 0 unspecified atom stereocenters. The van der Waals surface area contributed by atoms with Crippen molar-refractivity contribution in [3.05, 3.63) is 0 Å². The smallest absolute Gasteiger partial charge is 1.00 e. The molecule has 0 rings (SSSR count). The van der Waals surface area contributed by atoms with Gasteiger partial charge >= 0.3 is 29.6 Å². The maximum absolute atomic E-state index is 0. The molecule has 0 nitrogen and oxygen atoms in total. The molecule has 7 heavy (non-hydrogen) atoms. The van der Waals surface area contributed by atoms with E-state index in [4.69, 9.17) is 0 Å². The second-order valence-electron chi connectivity index (χ2n) is 0. The zero-order chi connectivity index (χ0) is 0. The first-order chi connectivity index (χ1) is 0. The summed E-state index contributed by atoms with van der Waals surface area (Å²) in [6, 6.07) is 0. The molecule has 7 heteroatoms. The van der Waals surface area contributed by atoms with E-state index in [9.17, 15) is 0 Å². The van der Waals surface area contributed by atoms with Crippen LogP contribution in [0.4, 0.5) is 18.8 Å². The summed E-state index contributed by atoms with van der Waals surface area (Å²) < 4.78 is 0. The quantitative estimate of drug-likeness (QED) is 0.340. The van der Waals surface area contributed by atoms with Gasteiger partial charge in [0, 0.05) is 45.7 Å². The molecule has 0 heterocycles. The van der Waals surface area contributed by atoms with Gasteiger partial charge in [-0.3, -0.25) is 18.8 Å². The third kappa shape index (κ3) is 64.3. The van der Waals surface area contributed by atoms with Crippen molar-refractivity contribution < 1.29 is 95.5 Å². The summed E-state index contributed by atoms with van der Waals surface area (Å²) in [7, 11) is 0. The fraction of sp³-hybridized carbons (Fsp3) is 0. The van der Waals surface area contributed by atoms with Crippen LogP contribution in [0.3, 0.4) is 0 Å². The Morgan fingerprint density at radius 1 is 0.714 bits per heavy atom. The molecule has 0 aromatic rings. The van der Waals surface area contributed by atoms with Gasteiger partial charge in [-0.05, 0) is 0 Å². The van der Waals surface area contributed by atoms with E-state index in [1.165, 1.54) is 0 Å². The average molecular weight is 261 g/mol. The molecule has 0 aliphatic carbocycles. The number of rotatable bonds is 0. The van der Waals surface area contributed by atoms with E-state index < -0.39 is 0 Å². The molecule has 0 fully saturated rings. The van der Waals surface area contributed by atoms with E-state index in [2.05, 4.69) is 0 Å². The molecule has 40 valence electrons. The van der Waals surface area contributed by atoms with Gasteiger partial charge in [-0.2, -0.15) is 0 Å². The molecule has 0 saturated heterocycles. The standard InChI is InChI=1S/4FH.Na.Zn.Zr.H/h4*1H;;;;/q;;;;+1;;;-1. The summed E-state index contributed by atoms with van der Waals surface area (Å²) in [5.41, 5.74) is 0. The molecular weight excluding hydrogens is 256 g/mol. The summed E-state index contributed by atoms with van der Waals surface area (Å²) in [6.07, 6.45) is 0. The van der Waals surface area contributed by atoms with Crippen LogP contribution in [0.1, 0.15) is 1.43 Å². The van der Waals surface area contributed by atoms with Crippen molar-refractivity contribution in [3.63, 3.8) is 0 Å². The van der Waals surface area contributed by atoms with Crippen LogP contribution in [0.25, 0.3) is 0 Å². The molecule has 0 amide bonds. The van der Waals surface area contributed by atoms with Gasteiger partial charge < -0.3 is 1.43 Å². The Kier molecular flexibility index (Phi) is 1560. The summed E-state index contributed by atoms with van der Waals surface area (Å²) >= 11 is 0. The number of halogens is 4. The van der Waals surface area contributed by atoms with Gasteiger partial charge in [0.05, 0.1) is 0 Å². The Morgan fingerprint density at radius 3 is 0.714 bits per heavy atom. The van der Waals surface area contributed by atoms with Crippen LogP contribution in [-0.2, 0) is 45.7 Å². The second kappa shape index (κ2) is 86.7. The third-order valence-electron chi connectivity index (χ3n) is 0. The minimum absolute atomic E-state index is 0. The van der Waals surface area contributed by atoms with E-state index in [1.807, 2.05) is 0 Å². The minimum atomic E-state index is 0. The van der Waals surface area contributed by atoms with Crippen LogP contribution in [0.2, 0.25) is 0 Å². The van der Waals surface area contributed by atoms with Crippen molar-refractivity contribution in [1.82, 2.24) is 0 Å². The normalized spacial score (nSPS) is 0. The third-order valence-corrected chi connectivity index (χ3v) is 0. The van der Waals surface area contributed by atoms with E-state index in [0.717, 1.165) is 0 Å². The maximum atomic E-state index is 0. The molecule has 0 saturated carbocycles. The van der Waals surface area contributed by atoms with Gasteiger partial charge in [-0.15, -0.1) is 0 Å². The van der Waals surface area contributed by atoms with Crippen molar-refractivity contribution in [3.8, 4) is 0 Å². The van der Waals surface area contributed by atoms with Gasteiger partial charge in [-0.1, -0.05) is 0 Å². The maximum Gasteiger partial charge on any atom is 1.00 e. The van der Waals surface area contributed by atoms with Crippen molar-refractivity contribution in [2.24, 2.45) is 0 Å². The molecule has 0 aromatic heterocycles. The largest absolute Gasteiger partial charge is 1.00 e. The molecule has 0 aromatic carbocycles. The molecule has 0 aliphatic heterocycles. The first-order valence-corrected chi connectivity index (χ1v) is 0. The number of hydrogen-bond donors (Lipinski definition) is 0. The van der Waals surface area contributed by atoms with Crippen molar-refractivity contribution >= 4 is 0 Å². The fourth-order valence-electron chi connectivity index (χ4n) is 0. The van der Waals surface area contributed by atoms with Gasteiger partial charge in [0.15, 0.2) is 0 Å². The number of hydrogen-bond acceptors (Lipinski definition) is 0. The minimum Gasteiger partial charge on any atom is -1.00 e. The van der Waals surface area contributed by atoms with Crippen LogP contribution in [0.15, 0.2) is 0 Å². The topological polar surface area (TPSA) is 0 Å². The van der Waals surface area contributed by atoms with Crippen molar-refractivity contribution in [2.75, 3.05) is 0 Å². The molecular formula is H5F4NaZnZr. The van der Waals surface area contributed by atoms with Gasteiger partial charge in [-0.25, -0.2) is 0 Å². The monoisotopic (exact) mass is 258 g/mol. The van der Waals surface area contributed by atoms with E-state index in [0.29, 0.717) is 0 Å². The van der Waals surface area contributed by atoms with E-state index in [-0.39, 0.29) is 95.5 Å². The van der Waals surface area contributed by atoms with Crippen molar-refractivity contribution in [2.45, 2.75) is 0 Å². The molecule has 0 atom stereocenters. The van der Waals surface area contributed by atoms with Crippen LogP contribution < -0.4 is 29.6 Å². The van der Waals surface area contributed by atoms with Gasteiger partial charge in [0.25, 0.3) is 0 Å². The average Bonchev–Trinajstić information content (AvgIpc) is 0. The van der Waals surface area contributed by atoms with Crippen LogP contribution >= 0.6 is 0 Å². The second-order valence-corrected chi connectivity index (χ2v) is 0. The van der Waals surface area contributed by atoms with Crippen LogP contribution in [-0.4, -0.2) is 0 Å². The first kappa shape index (κ1) is 126. The Balaban J connectivity index is 0. The Labute approximate surface area is 94.3 Å². The first-order valence-electron chi connectivity index (χ1n) is 0. The Hall–Kier alpha value is 2.23. The van der Waals surface area contributed by atoms with Crippen LogP contribution in [0.5, 0.6) is 0 Å². The van der Waals surface area contributed by atoms with E-state index >= 15 is 0 Å². The van der Waals surface area contributed by atoms with Crippen LogP contribution in [0, 0.1) is 0 Å². The SMILES string of the molecule is F.F.F.F.[H-].[Na+].[Zn].[Zr]. The molecule has 0 spiro atoms. The van der Waals surface area contributed by atoms with Gasteiger partial charge in [0.1, 0.15) is 0 Å². The zero-order valence-corrected chi connectivity index (χ0v) is 11.3. The summed E-state index contributed by atoms with van der Waals surface area (Å²) in [5.74, 6) is 0. The molecule has 0 N–H and O–H groups in total. The molecule has 0 aliphatic rings. The Morgan fingerprint density at radius 2 is 0.714 bits per heavy atom. The fourth-order valence-corrected chi connectivity index (χ4v) is 0. The molecule has 0 bridgehead atoms. The summed E-state index contributed by atoms with van der Waals surface area (Å²) in [6.45, 7) is 0. The van der Waals surface area contributed by atoms with Gasteiger partial charge in [0.2, 0.25) is 0 Å². The zero-order valence-electron chi connectivity index (χ0n) is 4.84. The van der Waals surface area contributed by atoms with E-state index in [1.54, 1.807) is 0 Å². The molecule has 0 radical (unpaired) electrons. The van der Waals surface area contributed by atoms with Crippen molar-refractivity contribution in [1.29, 1.82) is 0 Å². The summed E-state index contributed by atoms with van der Waals surface area (Å²) in [5, 5.41) is 0.